The Kier molecular flexibility index (Phi) is 4.64. The van der Waals surface area contributed by atoms with Crippen molar-refractivity contribution in [3.05, 3.63) is 71.3 Å². The van der Waals surface area contributed by atoms with E-state index in [0.717, 1.165) is 0 Å². The SMILES string of the molecule is N#CC(C(=O)Nc1ccccc1)=C1SCC(=O)N1c1ccccc1. The molecule has 118 valence electrons. The predicted molar refractivity (Wildman–Crippen MR) is 94.1 cm³/mol. The molecule has 0 saturated carbocycles. The van der Waals surface area contributed by atoms with Gasteiger partial charge in [0.2, 0.25) is 5.91 Å². The molecule has 2 aromatic rings. The Morgan fingerprint density at radius 3 is 2.33 bits per heavy atom. The average molecular weight is 335 g/mol. The number of rotatable bonds is 3. The number of carbonyl (C=O) groups excluding carboxylic acids is 2. The van der Waals surface area contributed by atoms with Gasteiger partial charge in [-0.1, -0.05) is 48.2 Å². The molecule has 1 aliphatic rings. The molecule has 0 aliphatic carbocycles. The van der Waals surface area contributed by atoms with E-state index in [4.69, 9.17) is 0 Å². The lowest BCUT2D eigenvalue weighted by atomic mass is 10.2. The van der Waals surface area contributed by atoms with E-state index in [9.17, 15) is 14.9 Å². The number of thioether (sulfide) groups is 1. The molecular formula is C18H13N3O2S. The van der Waals surface area contributed by atoms with E-state index < -0.39 is 5.91 Å². The second-order valence-corrected chi connectivity index (χ2v) is 5.93. The van der Waals surface area contributed by atoms with E-state index in [2.05, 4.69) is 5.32 Å². The molecule has 6 heteroatoms. The number of hydrogen-bond donors (Lipinski definition) is 1. The monoisotopic (exact) mass is 335 g/mol. The number of nitrogens with one attached hydrogen (secondary N) is 1. The van der Waals surface area contributed by atoms with Crippen LogP contribution in [0.2, 0.25) is 0 Å². The first-order chi connectivity index (χ1) is 11.7. The minimum Gasteiger partial charge on any atom is -0.321 e. The predicted octanol–water partition coefficient (Wildman–Crippen LogP) is 3.14. The van der Waals surface area contributed by atoms with Crippen LogP contribution in [0.3, 0.4) is 0 Å². The van der Waals surface area contributed by atoms with Gasteiger partial charge in [0.25, 0.3) is 5.91 Å². The first-order valence-electron chi connectivity index (χ1n) is 7.22. The Labute approximate surface area is 143 Å². The normalized spacial score (nSPS) is 15.8. The summed E-state index contributed by atoms with van der Waals surface area (Å²) in [6, 6.07) is 19.8. The summed E-state index contributed by atoms with van der Waals surface area (Å²) in [5.41, 5.74) is 1.16. The van der Waals surface area contributed by atoms with Crippen molar-refractivity contribution in [2.24, 2.45) is 0 Å². The van der Waals surface area contributed by atoms with Gasteiger partial charge in [-0.2, -0.15) is 5.26 Å². The van der Waals surface area contributed by atoms with Gasteiger partial charge in [-0.25, -0.2) is 0 Å². The summed E-state index contributed by atoms with van der Waals surface area (Å²) < 4.78 is 0. The Hall–Kier alpha value is -3.04. The number of benzene rings is 2. The van der Waals surface area contributed by atoms with Gasteiger partial charge in [-0.15, -0.1) is 0 Å². The minimum absolute atomic E-state index is 0.0708. The van der Waals surface area contributed by atoms with Gasteiger partial charge in [-0.05, 0) is 24.3 Å². The van der Waals surface area contributed by atoms with Gasteiger partial charge < -0.3 is 5.32 Å². The van der Waals surface area contributed by atoms with Crippen LogP contribution in [0, 0.1) is 11.3 Å². The minimum atomic E-state index is -0.526. The van der Waals surface area contributed by atoms with Crippen LogP contribution >= 0.6 is 11.8 Å². The summed E-state index contributed by atoms with van der Waals surface area (Å²) in [7, 11) is 0. The van der Waals surface area contributed by atoms with E-state index in [1.807, 2.05) is 18.2 Å². The van der Waals surface area contributed by atoms with Crippen LogP contribution in [0.5, 0.6) is 0 Å². The molecule has 0 atom stereocenters. The summed E-state index contributed by atoms with van der Waals surface area (Å²) in [6.07, 6.45) is 0. The van der Waals surface area contributed by atoms with Crippen LogP contribution in [0.15, 0.2) is 71.3 Å². The Bertz CT molecular complexity index is 842. The zero-order chi connectivity index (χ0) is 16.9. The number of para-hydroxylation sites is 2. The Morgan fingerprint density at radius 2 is 1.71 bits per heavy atom. The lowest BCUT2D eigenvalue weighted by Gasteiger charge is -2.18. The van der Waals surface area contributed by atoms with Crippen LogP contribution < -0.4 is 10.2 Å². The molecule has 0 spiro atoms. The molecule has 1 aliphatic heterocycles. The van der Waals surface area contributed by atoms with Crippen molar-refractivity contribution in [3.8, 4) is 6.07 Å². The molecular weight excluding hydrogens is 322 g/mol. The van der Waals surface area contributed by atoms with Crippen LogP contribution in [-0.4, -0.2) is 17.6 Å². The van der Waals surface area contributed by atoms with Crippen molar-refractivity contribution in [2.45, 2.75) is 0 Å². The molecule has 2 aromatic carbocycles. The fourth-order valence-corrected chi connectivity index (χ4v) is 3.31. The summed E-state index contributed by atoms with van der Waals surface area (Å²) in [4.78, 5) is 26.1. The molecule has 1 fully saturated rings. The fourth-order valence-electron chi connectivity index (χ4n) is 2.31. The van der Waals surface area contributed by atoms with Crippen molar-refractivity contribution >= 4 is 35.0 Å². The van der Waals surface area contributed by atoms with Crippen molar-refractivity contribution in [1.29, 1.82) is 5.26 Å². The zero-order valence-corrected chi connectivity index (χ0v) is 13.4. The molecule has 2 amide bonds. The maximum Gasteiger partial charge on any atom is 0.269 e. The standard InChI is InChI=1S/C18H13N3O2S/c19-11-15(17(23)20-13-7-3-1-4-8-13)18-21(16(22)12-24-18)14-9-5-2-6-10-14/h1-10H,12H2,(H,20,23). The van der Waals surface area contributed by atoms with Gasteiger partial charge in [0.1, 0.15) is 16.7 Å². The highest BCUT2D eigenvalue weighted by Gasteiger charge is 2.33. The molecule has 5 nitrogen and oxygen atoms in total. The maximum atomic E-state index is 12.5. The molecule has 0 unspecified atom stereocenters. The average Bonchev–Trinajstić information content (AvgIpc) is 2.98. The second-order valence-electron chi connectivity index (χ2n) is 4.97. The summed E-state index contributed by atoms with van der Waals surface area (Å²) >= 11 is 1.20. The highest BCUT2D eigenvalue weighted by Crippen LogP contribution is 2.36. The Morgan fingerprint density at radius 1 is 1.08 bits per heavy atom. The fraction of sp³-hybridized carbons (Fsp3) is 0.0556. The molecule has 3 rings (SSSR count). The first kappa shape index (κ1) is 15.8. The van der Waals surface area contributed by atoms with E-state index in [0.29, 0.717) is 16.4 Å². The van der Waals surface area contributed by atoms with Crippen molar-refractivity contribution in [3.63, 3.8) is 0 Å². The van der Waals surface area contributed by atoms with Crippen molar-refractivity contribution in [1.82, 2.24) is 0 Å². The van der Waals surface area contributed by atoms with Crippen LogP contribution in [0.25, 0.3) is 0 Å². The number of carbonyl (C=O) groups is 2. The zero-order valence-electron chi connectivity index (χ0n) is 12.6. The number of nitrogens with zero attached hydrogens (tertiary/aromatic N) is 2. The number of anilines is 2. The molecule has 1 N–H and O–H groups in total. The number of nitriles is 1. The summed E-state index contributed by atoms with van der Waals surface area (Å²) in [5.74, 6) is -0.475. The van der Waals surface area contributed by atoms with E-state index in [1.165, 1.54) is 16.7 Å². The van der Waals surface area contributed by atoms with Crippen LogP contribution in [-0.2, 0) is 9.59 Å². The third kappa shape index (κ3) is 3.16. The maximum absolute atomic E-state index is 12.5. The number of amides is 2. The van der Waals surface area contributed by atoms with E-state index in [-0.39, 0.29) is 17.2 Å². The molecule has 0 bridgehead atoms. The molecule has 0 aromatic heterocycles. The van der Waals surface area contributed by atoms with Gasteiger partial charge in [0.15, 0.2) is 0 Å². The molecule has 1 heterocycles. The van der Waals surface area contributed by atoms with Gasteiger partial charge in [-0.3, -0.25) is 14.5 Å². The van der Waals surface area contributed by atoms with Crippen LogP contribution in [0.1, 0.15) is 0 Å². The quantitative estimate of drug-likeness (QED) is 0.691. The molecule has 1 saturated heterocycles. The van der Waals surface area contributed by atoms with Crippen LogP contribution in [0.4, 0.5) is 11.4 Å². The summed E-state index contributed by atoms with van der Waals surface area (Å²) in [5, 5.41) is 12.5. The van der Waals surface area contributed by atoms with E-state index in [1.54, 1.807) is 48.5 Å². The van der Waals surface area contributed by atoms with Crippen molar-refractivity contribution in [2.75, 3.05) is 16.0 Å². The number of hydrogen-bond acceptors (Lipinski definition) is 4. The third-order valence-corrected chi connectivity index (χ3v) is 4.44. The van der Waals surface area contributed by atoms with Gasteiger partial charge in [0.05, 0.1) is 5.75 Å². The highest BCUT2D eigenvalue weighted by molar-refractivity contribution is 8.04. The van der Waals surface area contributed by atoms with Gasteiger partial charge >= 0.3 is 0 Å². The Balaban J connectivity index is 1.96. The smallest absolute Gasteiger partial charge is 0.269 e. The topological polar surface area (TPSA) is 73.2 Å². The lowest BCUT2D eigenvalue weighted by Crippen LogP contribution is -2.26. The summed E-state index contributed by atoms with van der Waals surface area (Å²) in [6.45, 7) is 0. The molecule has 0 radical (unpaired) electrons. The largest absolute Gasteiger partial charge is 0.321 e. The highest BCUT2D eigenvalue weighted by atomic mass is 32.2. The third-order valence-electron chi connectivity index (χ3n) is 3.38. The van der Waals surface area contributed by atoms with Crippen molar-refractivity contribution < 1.29 is 9.59 Å². The second kappa shape index (κ2) is 7.02. The first-order valence-corrected chi connectivity index (χ1v) is 8.21. The lowest BCUT2D eigenvalue weighted by molar-refractivity contribution is -0.115. The molecule has 24 heavy (non-hydrogen) atoms. The van der Waals surface area contributed by atoms with E-state index >= 15 is 0 Å². The van der Waals surface area contributed by atoms with Gasteiger partial charge in [0, 0.05) is 11.4 Å².